The van der Waals surface area contributed by atoms with Gasteiger partial charge in [-0.15, -0.1) is 0 Å². The molecule has 0 unspecified atom stereocenters. The lowest BCUT2D eigenvalue weighted by Gasteiger charge is -2.34. The van der Waals surface area contributed by atoms with E-state index in [1.54, 1.807) is 18.4 Å². The van der Waals surface area contributed by atoms with Gasteiger partial charge >= 0.3 is 0 Å². The van der Waals surface area contributed by atoms with E-state index in [1.807, 2.05) is 23.1 Å². The first kappa shape index (κ1) is 16.8. The molecule has 0 spiro atoms. The molecule has 3 aromatic rings. The Hall–Kier alpha value is -2.68. The monoisotopic (exact) mass is 375 g/mol. The van der Waals surface area contributed by atoms with Crippen LogP contribution in [0.2, 0.25) is 0 Å². The number of halogens is 1. The van der Waals surface area contributed by atoms with Gasteiger partial charge in [-0.2, -0.15) is 4.39 Å². The highest BCUT2D eigenvalue weighted by atomic mass is 32.1. The molecule has 0 amide bonds. The Balaban J connectivity index is 1.53. The molecule has 0 bridgehead atoms. The highest BCUT2D eigenvalue weighted by molar-refractivity contribution is 7.22. The highest BCUT2D eigenvalue weighted by Gasteiger charge is 2.22. The number of aromatic amines is 1. The van der Waals surface area contributed by atoms with Crippen LogP contribution in [0.4, 0.5) is 15.5 Å². The first-order chi connectivity index (χ1) is 12.6. The number of piperazine rings is 1. The average Bonchev–Trinajstić information content (AvgIpc) is 3.10. The Morgan fingerprint density at radius 1 is 1.19 bits per heavy atom. The van der Waals surface area contributed by atoms with Crippen molar-refractivity contribution in [1.29, 1.82) is 0 Å². The van der Waals surface area contributed by atoms with Crippen molar-refractivity contribution in [3.63, 3.8) is 0 Å². The molecule has 136 valence electrons. The SMILES string of the molecule is COc1cccc2sc(N3CCN(c4nc(C)c(F)c(=O)[nH]4)CC3)nc12. The van der Waals surface area contributed by atoms with Gasteiger partial charge in [-0.1, -0.05) is 17.4 Å². The van der Waals surface area contributed by atoms with Crippen molar-refractivity contribution in [2.24, 2.45) is 0 Å². The largest absolute Gasteiger partial charge is 0.494 e. The van der Waals surface area contributed by atoms with Crippen molar-refractivity contribution in [2.75, 3.05) is 43.1 Å². The highest BCUT2D eigenvalue weighted by Crippen LogP contribution is 2.34. The Morgan fingerprint density at radius 2 is 1.92 bits per heavy atom. The number of H-pyrrole nitrogens is 1. The average molecular weight is 375 g/mol. The number of benzene rings is 1. The lowest BCUT2D eigenvalue weighted by molar-refractivity contribution is 0.419. The predicted octanol–water partition coefficient (Wildman–Crippen LogP) is 2.16. The molecule has 0 radical (unpaired) electrons. The first-order valence-electron chi connectivity index (χ1n) is 8.26. The van der Waals surface area contributed by atoms with Gasteiger partial charge in [0.1, 0.15) is 11.3 Å². The molecule has 2 aromatic heterocycles. The number of nitrogens with zero attached hydrogens (tertiary/aromatic N) is 4. The van der Waals surface area contributed by atoms with Crippen molar-refractivity contribution >= 4 is 32.6 Å². The minimum atomic E-state index is -0.823. The number of fused-ring (bicyclic) bond motifs is 1. The van der Waals surface area contributed by atoms with Gasteiger partial charge in [0.25, 0.3) is 5.56 Å². The molecule has 1 aliphatic rings. The van der Waals surface area contributed by atoms with Gasteiger partial charge in [-0.05, 0) is 19.1 Å². The summed E-state index contributed by atoms with van der Waals surface area (Å²) in [6.45, 7) is 4.31. The zero-order chi connectivity index (χ0) is 18.3. The summed E-state index contributed by atoms with van der Waals surface area (Å²) in [6, 6.07) is 5.90. The molecule has 0 saturated carbocycles. The molecule has 1 aliphatic heterocycles. The summed E-state index contributed by atoms with van der Waals surface area (Å²) >= 11 is 1.63. The van der Waals surface area contributed by atoms with Gasteiger partial charge in [0.05, 0.1) is 17.5 Å². The Labute approximate surface area is 153 Å². The minimum Gasteiger partial charge on any atom is -0.494 e. The number of rotatable bonds is 3. The summed E-state index contributed by atoms with van der Waals surface area (Å²) < 4.78 is 19.9. The third-order valence-corrected chi connectivity index (χ3v) is 5.54. The Morgan fingerprint density at radius 3 is 2.62 bits per heavy atom. The van der Waals surface area contributed by atoms with Gasteiger partial charge in [0.15, 0.2) is 5.13 Å². The predicted molar refractivity (Wildman–Crippen MR) is 100 cm³/mol. The molecule has 1 saturated heterocycles. The zero-order valence-electron chi connectivity index (χ0n) is 14.5. The maximum Gasteiger partial charge on any atom is 0.288 e. The summed E-state index contributed by atoms with van der Waals surface area (Å²) in [5, 5.41) is 0.945. The Bertz CT molecular complexity index is 1010. The topological polar surface area (TPSA) is 74.3 Å². The van der Waals surface area contributed by atoms with E-state index in [0.29, 0.717) is 19.0 Å². The quantitative estimate of drug-likeness (QED) is 0.756. The molecule has 4 rings (SSSR count). The maximum atomic E-state index is 13.5. The molecule has 9 heteroatoms. The molecule has 3 heterocycles. The van der Waals surface area contributed by atoms with Gasteiger partial charge in [0, 0.05) is 26.2 Å². The maximum absolute atomic E-state index is 13.5. The summed E-state index contributed by atoms with van der Waals surface area (Å²) in [4.78, 5) is 27.2. The van der Waals surface area contributed by atoms with E-state index in [0.717, 1.165) is 34.2 Å². The standard InChI is InChI=1S/C17H18FN5O2S/c1-10-13(18)15(24)21-16(19-10)22-6-8-23(9-7-22)17-20-14-11(25-2)4-3-5-12(14)26-17/h3-5H,6-9H2,1-2H3,(H,19,21,24). The number of nitrogens with one attached hydrogen (secondary N) is 1. The molecule has 1 aromatic carbocycles. The molecule has 1 N–H and O–H groups in total. The van der Waals surface area contributed by atoms with Gasteiger partial charge in [-0.3, -0.25) is 9.78 Å². The molecule has 1 fully saturated rings. The number of methoxy groups -OCH3 is 1. The Kier molecular flexibility index (Phi) is 4.23. The van der Waals surface area contributed by atoms with Gasteiger partial charge in [-0.25, -0.2) is 9.97 Å². The minimum absolute atomic E-state index is 0.115. The summed E-state index contributed by atoms with van der Waals surface area (Å²) in [5.74, 6) is 0.363. The number of hydrogen-bond acceptors (Lipinski definition) is 7. The van der Waals surface area contributed by atoms with Crippen LogP contribution in [0.1, 0.15) is 5.69 Å². The van der Waals surface area contributed by atoms with Crippen molar-refractivity contribution in [3.8, 4) is 5.75 Å². The molecule has 0 aliphatic carbocycles. The molecular formula is C17H18FN5O2S. The van der Waals surface area contributed by atoms with Crippen LogP contribution in [0, 0.1) is 12.7 Å². The second-order valence-electron chi connectivity index (χ2n) is 6.07. The number of hydrogen-bond donors (Lipinski definition) is 1. The van der Waals surface area contributed by atoms with E-state index < -0.39 is 11.4 Å². The number of aryl methyl sites for hydroxylation is 1. The fourth-order valence-electron chi connectivity index (χ4n) is 3.03. The van der Waals surface area contributed by atoms with Crippen LogP contribution >= 0.6 is 11.3 Å². The van der Waals surface area contributed by atoms with E-state index in [2.05, 4.69) is 14.9 Å². The van der Waals surface area contributed by atoms with Crippen LogP contribution in [0.25, 0.3) is 10.2 Å². The van der Waals surface area contributed by atoms with E-state index in [4.69, 9.17) is 9.72 Å². The number of thiazole rings is 1. The summed E-state index contributed by atoms with van der Waals surface area (Å²) in [6.07, 6.45) is 0. The third kappa shape index (κ3) is 2.88. The number of para-hydroxylation sites is 1. The van der Waals surface area contributed by atoms with E-state index in [1.165, 1.54) is 6.92 Å². The molecular weight excluding hydrogens is 357 g/mol. The smallest absolute Gasteiger partial charge is 0.288 e. The van der Waals surface area contributed by atoms with E-state index >= 15 is 0 Å². The van der Waals surface area contributed by atoms with Gasteiger partial charge in [0.2, 0.25) is 11.8 Å². The second-order valence-corrected chi connectivity index (χ2v) is 7.08. The van der Waals surface area contributed by atoms with Crippen molar-refractivity contribution < 1.29 is 9.13 Å². The van der Waals surface area contributed by atoms with Crippen LogP contribution in [0.5, 0.6) is 5.75 Å². The lowest BCUT2D eigenvalue weighted by atomic mass is 10.3. The summed E-state index contributed by atoms with van der Waals surface area (Å²) in [7, 11) is 1.64. The van der Waals surface area contributed by atoms with Crippen LogP contribution in [0.15, 0.2) is 23.0 Å². The second kappa shape index (κ2) is 6.56. The third-order valence-electron chi connectivity index (χ3n) is 4.46. The van der Waals surface area contributed by atoms with Crippen LogP contribution in [-0.2, 0) is 0 Å². The van der Waals surface area contributed by atoms with Gasteiger partial charge < -0.3 is 14.5 Å². The molecule has 7 nitrogen and oxygen atoms in total. The van der Waals surface area contributed by atoms with E-state index in [9.17, 15) is 9.18 Å². The molecule has 0 atom stereocenters. The zero-order valence-corrected chi connectivity index (χ0v) is 15.3. The van der Waals surface area contributed by atoms with Crippen LogP contribution < -0.4 is 20.1 Å². The van der Waals surface area contributed by atoms with Crippen molar-refractivity contribution in [1.82, 2.24) is 15.0 Å². The van der Waals surface area contributed by atoms with Crippen LogP contribution in [-0.4, -0.2) is 48.2 Å². The number of aromatic nitrogens is 3. The fraction of sp³-hybridized carbons (Fsp3) is 0.353. The fourth-order valence-corrected chi connectivity index (χ4v) is 4.06. The lowest BCUT2D eigenvalue weighted by Crippen LogP contribution is -2.47. The van der Waals surface area contributed by atoms with Crippen molar-refractivity contribution in [2.45, 2.75) is 6.92 Å². The normalized spacial score (nSPS) is 14.9. The molecule has 26 heavy (non-hydrogen) atoms. The number of anilines is 2. The number of ether oxygens (including phenoxy) is 1. The van der Waals surface area contributed by atoms with E-state index in [-0.39, 0.29) is 5.69 Å². The van der Waals surface area contributed by atoms with Crippen LogP contribution in [0.3, 0.4) is 0 Å². The first-order valence-corrected chi connectivity index (χ1v) is 9.08. The van der Waals surface area contributed by atoms with Crippen molar-refractivity contribution in [3.05, 3.63) is 40.1 Å². The summed E-state index contributed by atoms with van der Waals surface area (Å²) in [5.41, 5.74) is 0.259.